The summed E-state index contributed by atoms with van der Waals surface area (Å²) in [7, 11) is 0. The molecule has 1 aliphatic heterocycles. The van der Waals surface area contributed by atoms with E-state index in [2.05, 4.69) is 10.6 Å². The molecule has 5 heteroatoms. The fraction of sp³-hybridized carbons (Fsp3) is 1.00. The molecule has 0 radical (unpaired) electrons. The van der Waals surface area contributed by atoms with E-state index in [0.717, 1.165) is 19.4 Å². The quantitative estimate of drug-likeness (QED) is 0.621. The molecule has 0 aromatic heterocycles. The number of nitrogens with one attached hydrogen (secondary N) is 2. The maximum absolute atomic E-state index is 12.7. The van der Waals surface area contributed by atoms with Crippen molar-refractivity contribution in [1.82, 2.24) is 10.6 Å². The van der Waals surface area contributed by atoms with Crippen LogP contribution in [-0.2, 0) is 0 Å². The highest BCUT2D eigenvalue weighted by molar-refractivity contribution is 4.80. The van der Waals surface area contributed by atoms with Gasteiger partial charge in [0.2, 0.25) is 0 Å². The molecule has 0 aliphatic carbocycles. The Morgan fingerprint density at radius 1 is 1.60 bits per heavy atom. The summed E-state index contributed by atoms with van der Waals surface area (Å²) in [5.74, 6) is -3.00. The van der Waals surface area contributed by atoms with Gasteiger partial charge >= 0.3 is 0 Å². The van der Waals surface area contributed by atoms with Crippen LogP contribution < -0.4 is 10.6 Å². The molecule has 2 unspecified atom stereocenters. The summed E-state index contributed by atoms with van der Waals surface area (Å²) in [4.78, 5) is 0. The van der Waals surface area contributed by atoms with Crippen molar-refractivity contribution in [1.29, 1.82) is 0 Å². The van der Waals surface area contributed by atoms with Crippen molar-refractivity contribution in [2.75, 3.05) is 19.7 Å². The summed E-state index contributed by atoms with van der Waals surface area (Å²) >= 11 is 0. The van der Waals surface area contributed by atoms with Gasteiger partial charge in [0, 0.05) is 12.1 Å². The van der Waals surface area contributed by atoms with Gasteiger partial charge in [-0.2, -0.15) is 0 Å². The molecule has 0 amide bonds. The molecule has 2 atom stereocenters. The average Bonchev–Trinajstić information content (AvgIpc) is 2.68. The molecule has 1 saturated heterocycles. The second-order valence-corrected chi connectivity index (χ2v) is 4.32. The molecule has 3 nitrogen and oxygen atoms in total. The van der Waals surface area contributed by atoms with E-state index in [-0.39, 0.29) is 6.04 Å². The van der Waals surface area contributed by atoms with Gasteiger partial charge in [-0.05, 0) is 32.7 Å². The highest BCUT2D eigenvalue weighted by Crippen LogP contribution is 2.13. The van der Waals surface area contributed by atoms with Gasteiger partial charge in [0.05, 0.1) is 6.54 Å². The Balaban J connectivity index is 2.15. The largest absolute Gasteiger partial charge is 0.390 e. The number of hydrogen-bond donors (Lipinski definition) is 3. The Labute approximate surface area is 89.2 Å². The highest BCUT2D eigenvalue weighted by atomic mass is 19.3. The first-order chi connectivity index (χ1) is 7.03. The second-order valence-electron chi connectivity index (χ2n) is 4.32. The fourth-order valence-corrected chi connectivity index (χ4v) is 1.85. The van der Waals surface area contributed by atoms with Gasteiger partial charge in [-0.15, -0.1) is 0 Å². The van der Waals surface area contributed by atoms with Crippen LogP contribution in [0.2, 0.25) is 0 Å². The number of rotatable bonds is 6. The molecular weight excluding hydrogens is 202 g/mol. The summed E-state index contributed by atoms with van der Waals surface area (Å²) < 4.78 is 25.4. The van der Waals surface area contributed by atoms with Gasteiger partial charge in [0.1, 0.15) is 6.61 Å². The third-order valence-electron chi connectivity index (χ3n) is 2.74. The van der Waals surface area contributed by atoms with Crippen molar-refractivity contribution >= 4 is 0 Å². The van der Waals surface area contributed by atoms with E-state index >= 15 is 0 Å². The molecule has 3 N–H and O–H groups in total. The van der Waals surface area contributed by atoms with E-state index in [1.807, 2.05) is 6.92 Å². The van der Waals surface area contributed by atoms with E-state index < -0.39 is 19.1 Å². The molecule has 0 saturated carbocycles. The normalized spacial score (nSPS) is 24.4. The van der Waals surface area contributed by atoms with Crippen LogP contribution in [-0.4, -0.2) is 42.8 Å². The van der Waals surface area contributed by atoms with Crippen LogP contribution >= 0.6 is 0 Å². The molecule has 1 heterocycles. The Hall–Kier alpha value is -0.260. The maximum Gasteiger partial charge on any atom is 0.282 e. The fourth-order valence-electron chi connectivity index (χ4n) is 1.85. The third kappa shape index (κ3) is 4.86. The highest BCUT2D eigenvalue weighted by Gasteiger charge is 2.28. The van der Waals surface area contributed by atoms with Crippen molar-refractivity contribution in [3.05, 3.63) is 0 Å². The molecule has 0 aromatic carbocycles. The molecule has 0 bridgehead atoms. The summed E-state index contributed by atoms with van der Waals surface area (Å²) in [6, 6.07) is 0.508. The van der Waals surface area contributed by atoms with E-state index in [0.29, 0.717) is 6.04 Å². The first-order valence-electron chi connectivity index (χ1n) is 5.49. The second kappa shape index (κ2) is 5.72. The van der Waals surface area contributed by atoms with E-state index in [1.165, 1.54) is 6.42 Å². The monoisotopic (exact) mass is 222 g/mol. The lowest BCUT2D eigenvalue weighted by Crippen LogP contribution is -2.42. The maximum atomic E-state index is 12.7. The zero-order valence-corrected chi connectivity index (χ0v) is 9.10. The molecule has 0 aromatic rings. The Morgan fingerprint density at radius 3 is 2.87 bits per heavy atom. The lowest BCUT2D eigenvalue weighted by molar-refractivity contribution is -0.0492. The van der Waals surface area contributed by atoms with Gasteiger partial charge in [-0.3, -0.25) is 0 Å². The van der Waals surface area contributed by atoms with Gasteiger partial charge in [0.15, 0.2) is 0 Å². The summed E-state index contributed by atoms with van der Waals surface area (Å²) in [6.45, 7) is 1.39. The third-order valence-corrected chi connectivity index (χ3v) is 2.74. The number of hydrogen-bond acceptors (Lipinski definition) is 3. The van der Waals surface area contributed by atoms with E-state index in [9.17, 15) is 8.78 Å². The van der Waals surface area contributed by atoms with E-state index in [4.69, 9.17) is 5.11 Å². The topological polar surface area (TPSA) is 44.3 Å². The lowest BCUT2D eigenvalue weighted by Gasteiger charge is -2.21. The van der Waals surface area contributed by atoms with Crippen molar-refractivity contribution in [2.24, 2.45) is 0 Å². The summed E-state index contributed by atoms with van der Waals surface area (Å²) in [5, 5.41) is 14.5. The van der Waals surface area contributed by atoms with Crippen LogP contribution in [0.25, 0.3) is 0 Å². The molecular formula is C10H20F2N2O. The van der Waals surface area contributed by atoms with Crippen molar-refractivity contribution in [3.8, 4) is 0 Å². The van der Waals surface area contributed by atoms with Gasteiger partial charge < -0.3 is 15.7 Å². The van der Waals surface area contributed by atoms with Gasteiger partial charge in [-0.1, -0.05) is 0 Å². The standard InChI is InChI=1S/C10H20F2N2O/c1-8(5-9-3-2-4-13-9)14-6-10(11,12)7-15/h8-9,13-15H,2-7H2,1H3. The zero-order valence-electron chi connectivity index (χ0n) is 9.10. The van der Waals surface area contributed by atoms with Gasteiger partial charge in [-0.25, -0.2) is 8.78 Å². The minimum Gasteiger partial charge on any atom is -0.390 e. The summed E-state index contributed by atoms with van der Waals surface area (Å²) in [6.07, 6.45) is 3.16. The number of halogens is 2. The van der Waals surface area contributed by atoms with Crippen molar-refractivity contribution in [2.45, 2.75) is 44.2 Å². The predicted molar refractivity (Wildman–Crippen MR) is 55.1 cm³/mol. The smallest absolute Gasteiger partial charge is 0.282 e. The number of aliphatic hydroxyl groups is 1. The molecule has 90 valence electrons. The average molecular weight is 222 g/mol. The van der Waals surface area contributed by atoms with Crippen LogP contribution in [0.1, 0.15) is 26.2 Å². The SMILES string of the molecule is CC(CC1CCCN1)NCC(F)(F)CO. The number of alkyl halides is 2. The minimum absolute atomic E-state index is 0.0537. The Kier molecular flexibility index (Phi) is 4.89. The van der Waals surface area contributed by atoms with Crippen molar-refractivity contribution in [3.63, 3.8) is 0 Å². The van der Waals surface area contributed by atoms with Crippen LogP contribution in [0.4, 0.5) is 8.78 Å². The van der Waals surface area contributed by atoms with Crippen LogP contribution in [0.15, 0.2) is 0 Å². The van der Waals surface area contributed by atoms with Gasteiger partial charge in [0.25, 0.3) is 5.92 Å². The van der Waals surface area contributed by atoms with Crippen molar-refractivity contribution < 1.29 is 13.9 Å². The first kappa shape index (κ1) is 12.8. The van der Waals surface area contributed by atoms with Crippen LogP contribution in [0.3, 0.4) is 0 Å². The first-order valence-corrected chi connectivity index (χ1v) is 5.49. The molecule has 1 aliphatic rings. The lowest BCUT2D eigenvalue weighted by atomic mass is 10.1. The van der Waals surface area contributed by atoms with Crippen LogP contribution in [0.5, 0.6) is 0 Å². The predicted octanol–water partition coefficient (Wildman–Crippen LogP) is 0.734. The molecule has 1 fully saturated rings. The Bertz CT molecular complexity index is 184. The molecule has 15 heavy (non-hydrogen) atoms. The van der Waals surface area contributed by atoms with Crippen LogP contribution in [0, 0.1) is 0 Å². The zero-order chi connectivity index (χ0) is 11.3. The Morgan fingerprint density at radius 2 is 2.33 bits per heavy atom. The minimum atomic E-state index is -3.00. The number of aliphatic hydroxyl groups excluding tert-OH is 1. The summed E-state index contributed by atoms with van der Waals surface area (Å²) in [5.41, 5.74) is 0. The molecule has 0 spiro atoms. The molecule has 1 rings (SSSR count). The van der Waals surface area contributed by atoms with E-state index in [1.54, 1.807) is 0 Å².